The van der Waals surface area contributed by atoms with Crippen molar-refractivity contribution in [2.75, 3.05) is 13.7 Å². The predicted octanol–water partition coefficient (Wildman–Crippen LogP) is 7.95. The monoisotopic (exact) mass is 706 g/mol. The average molecular weight is 707 g/mol. The summed E-state index contributed by atoms with van der Waals surface area (Å²) in [5.41, 5.74) is 1.60. The van der Waals surface area contributed by atoms with Gasteiger partial charge in [0.2, 0.25) is 12.1 Å². The first-order chi connectivity index (χ1) is 23.6. The van der Waals surface area contributed by atoms with Crippen molar-refractivity contribution in [2.45, 2.75) is 63.8 Å². The van der Waals surface area contributed by atoms with E-state index in [1.807, 2.05) is 13.8 Å². The van der Waals surface area contributed by atoms with Crippen LogP contribution in [0.1, 0.15) is 73.4 Å². The van der Waals surface area contributed by atoms with Gasteiger partial charge in [-0.2, -0.15) is 0 Å². The van der Waals surface area contributed by atoms with Gasteiger partial charge in [-0.05, 0) is 61.9 Å². The highest BCUT2D eigenvalue weighted by atomic mass is 35.5. The lowest BCUT2D eigenvalue weighted by Gasteiger charge is -2.30. The summed E-state index contributed by atoms with van der Waals surface area (Å²) in [6.07, 6.45) is 5.49. The summed E-state index contributed by atoms with van der Waals surface area (Å²) in [6, 6.07) is 6.82. The standard InChI is InChI=1S/C35H33ClF2N6O4S/c1-16(2)29(42-35(46)47-3)33(45)43-10-4-5-24(43)31-39-14-22(41-31)18-11-21(37)27-25(12-18)48-34(26-15-40-32(49-26)17-6-7-17)44-23-9-8-19(36)13-20(23)28(38)30(27)44/h8-9,11-17,24,29,34H,4-7,10H2,1-3H3,(H,39,41)(H,42,46). The molecule has 2 aromatic carbocycles. The molecule has 254 valence electrons. The summed E-state index contributed by atoms with van der Waals surface area (Å²) in [4.78, 5) is 40.6. The molecule has 3 aromatic heterocycles. The number of amides is 2. The van der Waals surface area contributed by atoms with E-state index in [1.54, 1.807) is 46.1 Å². The first-order valence-corrected chi connectivity index (χ1v) is 17.5. The van der Waals surface area contributed by atoms with Crippen LogP contribution in [-0.4, -0.2) is 56.1 Å². The zero-order chi connectivity index (χ0) is 34.1. The number of carbonyl (C=O) groups excluding carboxylic acids is 2. The zero-order valence-corrected chi connectivity index (χ0v) is 28.5. The van der Waals surface area contributed by atoms with Crippen molar-refractivity contribution in [3.63, 3.8) is 0 Å². The molecule has 5 aromatic rings. The van der Waals surface area contributed by atoms with Gasteiger partial charge in [-0.15, -0.1) is 11.3 Å². The maximum Gasteiger partial charge on any atom is 0.407 e. The van der Waals surface area contributed by atoms with Gasteiger partial charge in [0.05, 0.1) is 51.7 Å². The van der Waals surface area contributed by atoms with Crippen LogP contribution in [0.15, 0.2) is 42.7 Å². The van der Waals surface area contributed by atoms with E-state index >= 15 is 8.78 Å². The van der Waals surface area contributed by atoms with Crippen LogP contribution < -0.4 is 10.1 Å². The minimum atomic E-state index is -0.779. The number of methoxy groups -OCH3 is 1. The van der Waals surface area contributed by atoms with Crippen LogP contribution in [0.5, 0.6) is 5.75 Å². The fourth-order valence-corrected chi connectivity index (χ4v) is 8.20. The van der Waals surface area contributed by atoms with E-state index in [0.717, 1.165) is 29.1 Å². The molecule has 1 aliphatic carbocycles. The lowest BCUT2D eigenvalue weighted by atomic mass is 10.0. The molecule has 3 unspecified atom stereocenters. The maximum atomic E-state index is 16.3. The van der Waals surface area contributed by atoms with Gasteiger partial charge in [0, 0.05) is 34.6 Å². The largest absolute Gasteiger partial charge is 0.464 e. The van der Waals surface area contributed by atoms with Crippen LogP contribution in [0.25, 0.3) is 33.4 Å². The quantitative estimate of drug-likeness (QED) is 0.178. The van der Waals surface area contributed by atoms with Gasteiger partial charge in [0.15, 0.2) is 5.82 Å². The lowest BCUT2D eigenvalue weighted by molar-refractivity contribution is -0.135. The number of H-pyrrole nitrogens is 1. The number of benzene rings is 2. The molecule has 3 aliphatic rings. The van der Waals surface area contributed by atoms with Crippen molar-refractivity contribution >= 4 is 45.8 Å². The van der Waals surface area contributed by atoms with Crippen LogP contribution in [0, 0.1) is 17.6 Å². The van der Waals surface area contributed by atoms with E-state index in [0.29, 0.717) is 46.5 Å². The van der Waals surface area contributed by atoms with E-state index in [1.165, 1.54) is 24.5 Å². The third kappa shape index (κ3) is 5.43. The Bertz CT molecular complexity index is 2120. The molecule has 2 fully saturated rings. The highest BCUT2D eigenvalue weighted by Crippen LogP contribution is 2.50. The van der Waals surface area contributed by atoms with Gasteiger partial charge in [0.25, 0.3) is 0 Å². The number of nitrogens with one attached hydrogen (secondary N) is 2. The Morgan fingerprint density at radius 2 is 1.96 bits per heavy atom. The average Bonchev–Trinajstić information content (AvgIpc) is 3.46. The summed E-state index contributed by atoms with van der Waals surface area (Å²) in [7, 11) is 1.26. The van der Waals surface area contributed by atoms with Crippen LogP contribution in [0.2, 0.25) is 5.02 Å². The van der Waals surface area contributed by atoms with Crippen LogP contribution in [0.4, 0.5) is 13.6 Å². The highest BCUT2D eigenvalue weighted by Gasteiger charge is 2.39. The van der Waals surface area contributed by atoms with Crippen molar-refractivity contribution < 1.29 is 27.8 Å². The number of alkyl carbamates (subject to hydrolysis) is 1. The predicted molar refractivity (Wildman–Crippen MR) is 181 cm³/mol. The van der Waals surface area contributed by atoms with E-state index < -0.39 is 30.0 Å². The summed E-state index contributed by atoms with van der Waals surface area (Å²) >= 11 is 7.79. The maximum absolute atomic E-state index is 16.3. The Hall–Kier alpha value is -4.49. The molecule has 2 amide bonds. The van der Waals surface area contributed by atoms with E-state index in [2.05, 4.69) is 20.3 Å². The molecule has 0 radical (unpaired) electrons. The molecule has 10 nitrogen and oxygen atoms in total. The molecule has 49 heavy (non-hydrogen) atoms. The third-order valence-electron chi connectivity index (χ3n) is 9.53. The Kier molecular flexibility index (Phi) is 7.86. The molecule has 14 heteroatoms. The summed E-state index contributed by atoms with van der Waals surface area (Å²) in [6.45, 7) is 4.21. The number of fused-ring (bicyclic) bond motifs is 5. The van der Waals surface area contributed by atoms with Gasteiger partial charge >= 0.3 is 6.09 Å². The van der Waals surface area contributed by atoms with E-state index in [9.17, 15) is 9.59 Å². The van der Waals surface area contributed by atoms with Gasteiger partial charge < -0.3 is 24.7 Å². The summed E-state index contributed by atoms with van der Waals surface area (Å²) in [5, 5.41) is 4.30. The number of hydrogen-bond acceptors (Lipinski definition) is 7. The second-order valence-electron chi connectivity index (χ2n) is 13.1. The van der Waals surface area contributed by atoms with Gasteiger partial charge in [-0.25, -0.2) is 23.5 Å². The second kappa shape index (κ2) is 12.1. The smallest absolute Gasteiger partial charge is 0.407 e. The number of likely N-dealkylation sites (tertiary alicyclic amines) is 1. The normalized spacial score (nSPS) is 19.1. The summed E-state index contributed by atoms with van der Waals surface area (Å²) < 4.78 is 45.6. The number of halogens is 3. The summed E-state index contributed by atoms with van der Waals surface area (Å²) in [5.74, 6) is -0.494. The van der Waals surface area contributed by atoms with Crippen molar-refractivity contribution in [3.8, 4) is 28.3 Å². The SMILES string of the molecule is COC(=O)NC(C(=O)N1CCCC1c1ncc(-c2cc(F)c3c(c2)OC(c2cnc(C4CC4)s2)n2c-3c(F)c3cc(Cl)ccc32)[nH]1)C(C)C. The molecule has 1 saturated carbocycles. The van der Waals surface area contributed by atoms with Crippen molar-refractivity contribution in [1.29, 1.82) is 0 Å². The molecule has 0 spiro atoms. The van der Waals surface area contributed by atoms with Gasteiger partial charge in [0.1, 0.15) is 23.4 Å². The number of aromatic amines is 1. The third-order valence-corrected chi connectivity index (χ3v) is 11.0. The molecular formula is C35H33ClF2N6O4S. The minimum Gasteiger partial charge on any atom is -0.464 e. The highest BCUT2D eigenvalue weighted by molar-refractivity contribution is 7.11. The fraction of sp³-hybridized carbons (Fsp3) is 0.371. The number of aromatic nitrogens is 4. The molecule has 5 heterocycles. The number of ether oxygens (including phenoxy) is 2. The molecule has 2 aliphatic heterocycles. The molecule has 3 atom stereocenters. The van der Waals surface area contributed by atoms with Gasteiger partial charge in [-0.1, -0.05) is 25.4 Å². The molecule has 2 N–H and O–H groups in total. The molecular weight excluding hydrogens is 674 g/mol. The first-order valence-electron chi connectivity index (χ1n) is 16.3. The number of thiazole rings is 1. The van der Waals surface area contributed by atoms with Crippen LogP contribution in [0.3, 0.4) is 0 Å². The first kappa shape index (κ1) is 31.8. The Labute approximate surface area is 289 Å². The number of rotatable bonds is 7. The Morgan fingerprint density at radius 1 is 1.14 bits per heavy atom. The van der Waals surface area contributed by atoms with E-state index in [-0.39, 0.29) is 40.3 Å². The molecule has 0 bridgehead atoms. The van der Waals surface area contributed by atoms with Gasteiger partial charge in [-0.3, -0.25) is 9.36 Å². The number of carbonyl (C=O) groups is 2. The lowest BCUT2D eigenvalue weighted by Crippen LogP contribution is -2.51. The topological polar surface area (TPSA) is 114 Å². The van der Waals surface area contributed by atoms with Crippen LogP contribution in [-0.2, 0) is 9.53 Å². The van der Waals surface area contributed by atoms with E-state index in [4.69, 9.17) is 21.1 Å². The molecule has 8 rings (SSSR count). The fourth-order valence-electron chi connectivity index (χ4n) is 6.92. The van der Waals surface area contributed by atoms with Crippen LogP contribution >= 0.6 is 22.9 Å². The number of nitrogens with zero attached hydrogens (tertiary/aromatic N) is 4. The Balaban J connectivity index is 1.16. The number of imidazole rings is 1. The Morgan fingerprint density at radius 3 is 2.71 bits per heavy atom. The number of hydrogen-bond donors (Lipinski definition) is 2. The zero-order valence-electron chi connectivity index (χ0n) is 26.9. The minimum absolute atomic E-state index is 0.0156. The van der Waals surface area contributed by atoms with Crippen molar-refractivity contribution in [1.82, 2.24) is 29.7 Å². The van der Waals surface area contributed by atoms with Crippen molar-refractivity contribution in [3.05, 3.63) is 75.1 Å². The molecule has 1 saturated heterocycles. The van der Waals surface area contributed by atoms with Crippen molar-refractivity contribution in [2.24, 2.45) is 5.92 Å². The second-order valence-corrected chi connectivity index (χ2v) is 14.6.